The number of pyridine rings is 1. The number of hydrogen-bond donors (Lipinski definition) is 2. The Kier molecular flexibility index (Phi) is 6.25. The number of rotatable bonds is 4. The number of halogens is 2. The van der Waals surface area contributed by atoms with Crippen LogP contribution in [0.4, 0.5) is 5.82 Å². The Balaban J connectivity index is 0.00000110. The molecule has 2 heterocycles. The predicted octanol–water partition coefficient (Wildman–Crippen LogP) is 1.63. The van der Waals surface area contributed by atoms with Gasteiger partial charge in [-0.1, -0.05) is 6.07 Å². The first-order chi connectivity index (χ1) is 9.17. The fourth-order valence-electron chi connectivity index (χ4n) is 2.37. The van der Waals surface area contributed by atoms with Crippen molar-refractivity contribution in [3.05, 3.63) is 23.9 Å². The molecular formula is C14H22Cl2N4O. The minimum absolute atomic E-state index is 0. The van der Waals surface area contributed by atoms with E-state index in [0.29, 0.717) is 6.54 Å². The first-order valence-corrected chi connectivity index (χ1v) is 6.94. The van der Waals surface area contributed by atoms with Crippen LogP contribution in [-0.4, -0.2) is 29.5 Å². The maximum absolute atomic E-state index is 11.7. The number of hydrogen-bond acceptors (Lipinski definition) is 4. The molecular weight excluding hydrogens is 311 g/mol. The highest BCUT2D eigenvalue weighted by Gasteiger charge is 2.45. The zero-order valence-electron chi connectivity index (χ0n) is 11.9. The fraction of sp³-hybridized carbons (Fsp3) is 0.571. The Morgan fingerprint density at radius 1 is 1.29 bits per heavy atom. The molecule has 2 fully saturated rings. The average Bonchev–Trinajstić information content (AvgIpc) is 2.97. The number of carbonyl (C=O) groups is 1. The van der Waals surface area contributed by atoms with Gasteiger partial charge in [0.25, 0.3) is 0 Å². The number of nitrogens with two attached hydrogens (primary N) is 1. The van der Waals surface area contributed by atoms with E-state index in [9.17, 15) is 4.79 Å². The second kappa shape index (κ2) is 7.29. The van der Waals surface area contributed by atoms with Gasteiger partial charge in [-0.15, -0.1) is 24.8 Å². The Morgan fingerprint density at radius 3 is 2.48 bits per heavy atom. The molecule has 2 aliphatic rings. The summed E-state index contributed by atoms with van der Waals surface area (Å²) in [6, 6.07) is 4.05. The summed E-state index contributed by atoms with van der Waals surface area (Å²) in [4.78, 5) is 18.5. The zero-order chi connectivity index (χ0) is 13.3. The van der Waals surface area contributed by atoms with Crippen LogP contribution in [-0.2, 0) is 11.3 Å². The van der Waals surface area contributed by atoms with E-state index >= 15 is 0 Å². The van der Waals surface area contributed by atoms with E-state index in [0.717, 1.165) is 37.3 Å². The molecule has 1 aromatic rings. The summed E-state index contributed by atoms with van der Waals surface area (Å²) >= 11 is 0. The minimum Gasteiger partial charge on any atom is -0.357 e. The smallest absolute Gasteiger partial charge is 0.240 e. The van der Waals surface area contributed by atoms with E-state index in [-0.39, 0.29) is 30.7 Å². The van der Waals surface area contributed by atoms with Crippen molar-refractivity contribution >= 4 is 36.5 Å². The van der Waals surface area contributed by atoms with Gasteiger partial charge in [-0.3, -0.25) is 4.79 Å². The van der Waals surface area contributed by atoms with Crippen LogP contribution in [0.15, 0.2) is 18.3 Å². The maximum atomic E-state index is 11.7. The largest absolute Gasteiger partial charge is 0.357 e. The molecule has 0 spiro atoms. The summed E-state index contributed by atoms with van der Waals surface area (Å²) in [6.45, 7) is 2.70. The molecule has 1 amide bonds. The van der Waals surface area contributed by atoms with E-state index in [1.54, 1.807) is 0 Å². The number of nitrogens with zero attached hydrogens (tertiary/aromatic N) is 2. The van der Waals surface area contributed by atoms with Gasteiger partial charge >= 0.3 is 0 Å². The fourth-order valence-corrected chi connectivity index (χ4v) is 2.37. The van der Waals surface area contributed by atoms with Crippen molar-refractivity contribution < 1.29 is 4.79 Å². The molecule has 1 aliphatic heterocycles. The molecule has 0 unspecified atom stereocenters. The third kappa shape index (κ3) is 4.22. The highest BCUT2D eigenvalue weighted by molar-refractivity contribution is 5.88. The van der Waals surface area contributed by atoms with Crippen molar-refractivity contribution in [3.8, 4) is 0 Å². The van der Waals surface area contributed by atoms with E-state index < -0.39 is 5.54 Å². The highest BCUT2D eigenvalue weighted by Crippen LogP contribution is 2.32. The summed E-state index contributed by atoms with van der Waals surface area (Å²) in [5.74, 6) is 0.987. The molecule has 0 radical (unpaired) electrons. The van der Waals surface area contributed by atoms with Crippen molar-refractivity contribution in [1.29, 1.82) is 0 Å². The molecule has 1 saturated carbocycles. The Bertz CT molecular complexity index is 470. The topological polar surface area (TPSA) is 71.2 Å². The van der Waals surface area contributed by atoms with Crippen LogP contribution >= 0.6 is 24.8 Å². The number of aromatic nitrogens is 1. The van der Waals surface area contributed by atoms with Crippen molar-refractivity contribution in [2.45, 2.75) is 37.8 Å². The van der Waals surface area contributed by atoms with Crippen LogP contribution in [0.3, 0.4) is 0 Å². The molecule has 0 bridgehead atoms. The quantitative estimate of drug-likeness (QED) is 0.879. The van der Waals surface area contributed by atoms with Crippen molar-refractivity contribution in [2.24, 2.45) is 5.73 Å². The molecule has 1 saturated heterocycles. The molecule has 7 heteroatoms. The van der Waals surface area contributed by atoms with Crippen LogP contribution in [0.25, 0.3) is 0 Å². The van der Waals surface area contributed by atoms with E-state index in [1.165, 1.54) is 12.8 Å². The molecule has 5 nitrogen and oxygen atoms in total. The minimum atomic E-state index is -0.594. The standard InChI is InChI=1S/C14H20N4O.2ClH/c15-14(5-6-14)13(19)17-10-11-3-4-12(16-9-11)18-7-1-2-8-18;;/h3-4,9H,1-2,5-8,10,15H2,(H,17,19);2*1H. The lowest BCUT2D eigenvalue weighted by Crippen LogP contribution is -2.42. The van der Waals surface area contributed by atoms with Crippen LogP contribution in [0, 0.1) is 0 Å². The predicted molar refractivity (Wildman–Crippen MR) is 88.2 cm³/mol. The van der Waals surface area contributed by atoms with Crippen molar-refractivity contribution in [2.75, 3.05) is 18.0 Å². The van der Waals surface area contributed by atoms with Gasteiger partial charge in [-0.05, 0) is 37.3 Å². The molecule has 0 aromatic carbocycles. The second-order valence-corrected chi connectivity index (χ2v) is 5.56. The van der Waals surface area contributed by atoms with Crippen LogP contribution in [0.5, 0.6) is 0 Å². The van der Waals surface area contributed by atoms with Crippen LogP contribution < -0.4 is 16.0 Å². The monoisotopic (exact) mass is 332 g/mol. The highest BCUT2D eigenvalue weighted by atomic mass is 35.5. The number of amides is 1. The first kappa shape index (κ1) is 18.0. The Morgan fingerprint density at radius 2 is 1.95 bits per heavy atom. The summed E-state index contributed by atoms with van der Waals surface area (Å²) in [7, 11) is 0. The van der Waals surface area contributed by atoms with E-state index in [4.69, 9.17) is 5.73 Å². The Hall–Kier alpha value is -1.04. The zero-order valence-corrected chi connectivity index (χ0v) is 13.5. The van der Waals surface area contributed by atoms with Crippen LogP contribution in [0.1, 0.15) is 31.2 Å². The van der Waals surface area contributed by atoms with E-state index in [1.807, 2.05) is 18.3 Å². The van der Waals surface area contributed by atoms with Gasteiger partial charge in [-0.25, -0.2) is 4.98 Å². The number of nitrogens with one attached hydrogen (secondary N) is 1. The second-order valence-electron chi connectivity index (χ2n) is 5.56. The van der Waals surface area contributed by atoms with Gasteiger partial charge in [0.15, 0.2) is 0 Å². The normalized spacial score (nSPS) is 18.4. The molecule has 118 valence electrons. The summed E-state index contributed by atoms with van der Waals surface area (Å²) in [6.07, 6.45) is 5.93. The summed E-state index contributed by atoms with van der Waals surface area (Å²) in [5, 5.41) is 2.87. The van der Waals surface area contributed by atoms with Gasteiger partial charge in [0.1, 0.15) is 5.82 Å². The Labute approximate surface area is 137 Å². The van der Waals surface area contributed by atoms with Gasteiger partial charge in [0.2, 0.25) is 5.91 Å². The lowest BCUT2D eigenvalue weighted by atomic mass is 10.2. The third-order valence-electron chi connectivity index (χ3n) is 3.93. The average molecular weight is 333 g/mol. The lowest BCUT2D eigenvalue weighted by molar-refractivity contribution is -0.123. The maximum Gasteiger partial charge on any atom is 0.240 e. The van der Waals surface area contributed by atoms with E-state index in [2.05, 4.69) is 15.2 Å². The van der Waals surface area contributed by atoms with Crippen LogP contribution in [0.2, 0.25) is 0 Å². The van der Waals surface area contributed by atoms with Gasteiger partial charge in [-0.2, -0.15) is 0 Å². The summed E-state index contributed by atoms with van der Waals surface area (Å²) in [5.41, 5.74) is 6.25. The molecule has 3 rings (SSSR count). The third-order valence-corrected chi connectivity index (χ3v) is 3.93. The first-order valence-electron chi connectivity index (χ1n) is 6.94. The SMILES string of the molecule is Cl.Cl.NC1(C(=O)NCc2ccc(N3CCCC3)nc2)CC1. The van der Waals surface area contributed by atoms with Gasteiger partial charge in [0.05, 0.1) is 5.54 Å². The number of anilines is 1. The molecule has 0 atom stereocenters. The molecule has 21 heavy (non-hydrogen) atoms. The van der Waals surface area contributed by atoms with Crippen molar-refractivity contribution in [3.63, 3.8) is 0 Å². The molecule has 3 N–H and O–H groups in total. The van der Waals surface area contributed by atoms with Gasteiger partial charge in [0, 0.05) is 25.8 Å². The lowest BCUT2D eigenvalue weighted by Gasteiger charge is -2.16. The van der Waals surface area contributed by atoms with Crippen molar-refractivity contribution in [1.82, 2.24) is 10.3 Å². The summed E-state index contributed by atoms with van der Waals surface area (Å²) < 4.78 is 0. The number of carbonyl (C=O) groups excluding carboxylic acids is 1. The van der Waals surface area contributed by atoms with Gasteiger partial charge < -0.3 is 16.0 Å². The molecule has 1 aliphatic carbocycles. The molecule has 1 aromatic heterocycles.